The predicted molar refractivity (Wildman–Crippen MR) is 79.1 cm³/mol. The van der Waals surface area contributed by atoms with Gasteiger partial charge < -0.3 is 5.11 Å². The summed E-state index contributed by atoms with van der Waals surface area (Å²) >= 11 is 0. The lowest BCUT2D eigenvalue weighted by Gasteiger charge is -2.08. The molecule has 0 aliphatic heterocycles. The van der Waals surface area contributed by atoms with Gasteiger partial charge in [-0.05, 0) is 31.0 Å². The van der Waals surface area contributed by atoms with E-state index >= 15 is 0 Å². The van der Waals surface area contributed by atoms with Gasteiger partial charge in [-0.25, -0.2) is 21.6 Å². The average molecular weight is 334 g/mol. The fraction of sp³-hybridized carbons (Fsp3) is 0.462. The maximum Gasteiger partial charge on any atom is 0.335 e. The quantitative estimate of drug-likeness (QED) is 0.805. The normalized spacial score (nSPS) is 12.3. The van der Waals surface area contributed by atoms with Crippen molar-refractivity contribution in [2.75, 3.05) is 17.3 Å². The molecule has 0 saturated heterocycles. The highest BCUT2D eigenvalue weighted by Gasteiger charge is 2.21. The predicted octanol–water partition coefficient (Wildman–Crippen LogP) is 1.29. The van der Waals surface area contributed by atoms with Gasteiger partial charge in [-0.15, -0.1) is 0 Å². The largest absolute Gasteiger partial charge is 0.478 e. The number of benzene rings is 1. The molecule has 0 aromatic heterocycles. The molecular formula is C13H18O6S2. The van der Waals surface area contributed by atoms with Gasteiger partial charge in [-0.1, -0.05) is 13.0 Å². The van der Waals surface area contributed by atoms with Gasteiger partial charge >= 0.3 is 5.97 Å². The number of aryl methyl sites for hydroxylation is 1. The number of carbonyl (C=O) groups is 1. The van der Waals surface area contributed by atoms with Gasteiger partial charge in [0.1, 0.15) is 0 Å². The van der Waals surface area contributed by atoms with E-state index in [1.165, 1.54) is 12.1 Å². The first-order valence-electron chi connectivity index (χ1n) is 6.36. The van der Waals surface area contributed by atoms with Crippen molar-refractivity contribution in [3.05, 3.63) is 29.3 Å². The van der Waals surface area contributed by atoms with E-state index in [0.717, 1.165) is 6.07 Å². The molecule has 1 rings (SSSR count). The number of carboxylic acid groups (broad SMARTS) is 1. The van der Waals surface area contributed by atoms with Gasteiger partial charge in [0, 0.05) is 5.75 Å². The lowest BCUT2D eigenvalue weighted by Crippen LogP contribution is -2.20. The Morgan fingerprint density at radius 3 is 2.24 bits per heavy atom. The summed E-state index contributed by atoms with van der Waals surface area (Å²) in [6, 6.07) is 3.76. The molecule has 0 spiro atoms. The van der Waals surface area contributed by atoms with E-state index < -0.39 is 37.1 Å². The van der Waals surface area contributed by atoms with E-state index in [0.29, 0.717) is 12.0 Å². The second-order valence-corrected chi connectivity index (χ2v) is 9.17. The van der Waals surface area contributed by atoms with Crippen molar-refractivity contribution >= 4 is 25.6 Å². The van der Waals surface area contributed by atoms with Crippen LogP contribution in [0.15, 0.2) is 23.1 Å². The Morgan fingerprint density at radius 2 is 1.71 bits per heavy atom. The zero-order valence-corrected chi connectivity index (χ0v) is 13.5. The van der Waals surface area contributed by atoms with Crippen LogP contribution in [0.25, 0.3) is 0 Å². The summed E-state index contributed by atoms with van der Waals surface area (Å²) in [7, 11) is -7.23. The van der Waals surface area contributed by atoms with Crippen LogP contribution < -0.4 is 0 Å². The van der Waals surface area contributed by atoms with Crippen LogP contribution in [0.4, 0.5) is 0 Å². The van der Waals surface area contributed by atoms with Crippen LogP contribution in [0.1, 0.15) is 29.3 Å². The van der Waals surface area contributed by atoms with E-state index in [1.54, 1.807) is 13.8 Å². The lowest BCUT2D eigenvalue weighted by molar-refractivity contribution is 0.0696. The molecule has 0 aliphatic rings. The van der Waals surface area contributed by atoms with Gasteiger partial charge in [0.25, 0.3) is 0 Å². The Morgan fingerprint density at radius 1 is 1.10 bits per heavy atom. The van der Waals surface area contributed by atoms with E-state index in [2.05, 4.69) is 0 Å². The van der Waals surface area contributed by atoms with Gasteiger partial charge in [-0.3, -0.25) is 0 Å². The number of sulfone groups is 2. The van der Waals surface area contributed by atoms with Crippen molar-refractivity contribution in [1.29, 1.82) is 0 Å². The number of hydrogen-bond donors (Lipinski definition) is 1. The van der Waals surface area contributed by atoms with Crippen LogP contribution in [-0.2, 0) is 19.7 Å². The number of hydrogen-bond acceptors (Lipinski definition) is 5. The molecule has 1 N–H and O–H groups in total. The minimum absolute atomic E-state index is 0.0587. The van der Waals surface area contributed by atoms with Gasteiger partial charge in [0.15, 0.2) is 19.7 Å². The second-order valence-electron chi connectivity index (χ2n) is 4.75. The minimum Gasteiger partial charge on any atom is -0.478 e. The fourth-order valence-corrected chi connectivity index (χ4v) is 5.32. The van der Waals surface area contributed by atoms with Crippen LogP contribution in [-0.4, -0.2) is 45.2 Å². The molecule has 1 aromatic carbocycles. The Kier molecular flexibility index (Phi) is 5.52. The van der Waals surface area contributed by atoms with Crippen LogP contribution in [0.5, 0.6) is 0 Å². The molecule has 6 nitrogen and oxygen atoms in total. The highest BCUT2D eigenvalue weighted by molar-refractivity contribution is 7.95. The molecule has 0 radical (unpaired) electrons. The fourth-order valence-electron chi connectivity index (χ4n) is 1.79. The summed E-state index contributed by atoms with van der Waals surface area (Å²) in [6.45, 7) is 3.26. The first-order chi connectivity index (χ1) is 9.59. The Labute approximate surface area is 124 Å². The molecule has 118 valence electrons. The van der Waals surface area contributed by atoms with Crippen LogP contribution in [0.3, 0.4) is 0 Å². The van der Waals surface area contributed by atoms with Crippen molar-refractivity contribution < 1.29 is 26.7 Å². The minimum atomic E-state index is -3.83. The number of rotatable bonds is 7. The second kappa shape index (κ2) is 6.57. The summed E-state index contributed by atoms with van der Waals surface area (Å²) < 4.78 is 47.4. The van der Waals surface area contributed by atoms with Crippen molar-refractivity contribution in [1.82, 2.24) is 0 Å². The summed E-state index contributed by atoms with van der Waals surface area (Å²) in [5.74, 6) is -2.28. The van der Waals surface area contributed by atoms with E-state index in [4.69, 9.17) is 5.11 Å². The van der Waals surface area contributed by atoms with Crippen LogP contribution in [0.2, 0.25) is 0 Å². The standard InChI is InChI=1S/C13H18O6S2/c1-3-6-20(16,17)7-8-21(18,19)11-5-4-10(2)12(9-11)13(14)15/h4-5,9H,3,6-8H2,1-2H3,(H,14,15). The molecule has 0 aliphatic carbocycles. The van der Waals surface area contributed by atoms with Crippen LogP contribution >= 0.6 is 0 Å². The van der Waals surface area contributed by atoms with Crippen molar-refractivity contribution in [2.45, 2.75) is 25.2 Å². The third-order valence-corrected chi connectivity index (χ3v) is 6.81. The smallest absolute Gasteiger partial charge is 0.335 e. The Hall–Kier alpha value is -1.41. The molecule has 1 aromatic rings. The zero-order chi connectivity index (χ0) is 16.3. The van der Waals surface area contributed by atoms with Crippen molar-refractivity contribution in [3.8, 4) is 0 Å². The number of aromatic carboxylic acids is 1. The van der Waals surface area contributed by atoms with Crippen molar-refractivity contribution in [2.24, 2.45) is 0 Å². The maximum absolute atomic E-state index is 12.1. The number of carboxylic acids is 1. The van der Waals surface area contributed by atoms with E-state index in [-0.39, 0.29) is 16.2 Å². The zero-order valence-electron chi connectivity index (χ0n) is 11.9. The molecule has 0 fully saturated rings. The van der Waals surface area contributed by atoms with E-state index in [1.807, 2.05) is 0 Å². The first-order valence-corrected chi connectivity index (χ1v) is 9.83. The molecule has 0 heterocycles. The molecule has 0 amide bonds. The SMILES string of the molecule is CCCS(=O)(=O)CCS(=O)(=O)c1ccc(C)c(C(=O)O)c1. The molecule has 0 atom stereocenters. The molecule has 21 heavy (non-hydrogen) atoms. The lowest BCUT2D eigenvalue weighted by atomic mass is 10.1. The van der Waals surface area contributed by atoms with Gasteiger partial charge in [-0.2, -0.15) is 0 Å². The van der Waals surface area contributed by atoms with Gasteiger partial charge in [0.05, 0.1) is 22.0 Å². The maximum atomic E-state index is 12.1. The average Bonchev–Trinajstić information content (AvgIpc) is 2.36. The van der Waals surface area contributed by atoms with E-state index in [9.17, 15) is 21.6 Å². The first kappa shape index (κ1) is 17.6. The van der Waals surface area contributed by atoms with Gasteiger partial charge in [0.2, 0.25) is 0 Å². The molecular weight excluding hydrogens is 316 g/mol. The topological polar surface area (TPSA) is 106 Å². The summed E-state index contributed by atoms with van der Waals surface area (Å²) in [5, 5.41) is 8.99. The Bertz CT molecular complexity index is 732. The molecule has 0 unspecified atom stereocenters. The van der Waals surface area contributed by atoms with Crippen LogP contribution in [0, 0.1) is 6.92 Å². The molecule has 0 saturated carbocycles. The van der Waals surface area contributed by atoms with Crippen molar-refractivity contribution in [3.63, 3.8) is 0 Å². The molecule has 8 heteroatoms. The highest BCUT2D eigenvalue weighted by atomic mass is 32.2. The summed E-state index contributed by atoms with van der Waals surface area (Å²) in [4.78, 5) is 10.8. The molecule has 0 bridgehead atoms. The highest BCUT2D eigenvalue weighted by Crippen LogP contribution is 2.17. The third-order valence-electron chi connectivity index (χ3n) is 2.98. The summed E-state index contributed by atoms with van der Waals surface area (Å²) in [5.41, 5.74) is 0.340. The summed E-state index contributed by atoms with van der Waals surface area (Å²) in [6.07, 6.45) is 0.427. The monoisotopic (exact) mass is 334 g/mol. The third kappa shape index (κ3) is 4.82. The Balaban J connectivity index is 3.04.